The molecule has 0 aliphatic heterocycles. The lowest BCUT2D eigenvalue weighted by Crippen LogP contribution is -2.31. The molecule has 0 aliphatic rings. The van der Waals surface area contributed by atoms with Gasteiger partial charge in [-0.3, -0.25) is 4.79 Å². The van der Waals surface area contributed by atoms with Crippen LogP contribution in [0.3, 0.4) is 0 Å². The third kappa shape index (κ3) is 5.43. The van der Waals surface area contributed by atoms with Crippen molar-refractivity contribution in [2.45, 2.75) is 39.7 Å². The number of rotatable bonds is 10. The number of ether oxygens (including phenoxy) is 1. The van der Waals surface area contributed by atoms with Crippen molar-refractivity contribution in [3.63, 3.8) is 0 Å². The number of nitrogens with zero attached hydrogens (tertiary/aromatic N) is 4. The minimum Gasteiger partial charge on any atom is -0.484 e. The van der Waals surface area contributed by atoms with Gasteiger partial charge in [-0.25, -0.2) is 14.6 Å². The van der Waals surface area contributed by atoms with Gasteiger partial charge in [0.2, 0.25) is 0 Å². The molecule has 3 rings (SSSR count). The van der Waals surface area contributed by atoms with Crippen molar-refractivity contribution in [3.8, 4) is 5.75 Å². The van der Waals surface area contributed by atoms with E-state index >= 15 is 0 Å². The first-order chi connectivity index (χ1) is 14.1. The molecule has 0 unspecified atom stereocenters. The summed E-state index contributed by atoms with van der Waals surface area (Å²) in [5.74, 6) is 1.76. The maximum absolute atomic E-state index is 12.1. The van der Waals surface area contributed by atoms with Gasteiger partial charge in [-0.05, 0) is 30.0 Å². The van der Waals surface area contributed by atoms with E-state index in [9.17, 15) is 4.79 Å². The molecule has 2 N–H and O–H groups in total. The fraction of sp³-hybridized carbons (Fsp3) is 0.429. The molecule has 0 aliphatic carbocycles. The van der Waals surface area contributed by atoms with Gasteiger partial charge < -0.3 is 15.4 Å². The van der Waals surface area contributed by atoms with Crippen LogP contribution in [0.1, 0.15) is 38.7 Å². The molecule has 0 fully saturated rings. The molecule has 0 saturated heterocycles. The van der Waals surface area contributed by atoms with Crippen molar-refractivity contribution in [1.29, 1.82) is 0 Å². The van der Waals surface area contributed by atoms with E-state index < -0.39 is 0 Å². The van der Waals surface area contributed by atoms with Crippen LogP contribution in [0.25, 0.3) is 11.0 Å². The van der Waals surface area contributed by atoms with Gasteiger partial charge in [0.05, 0.1) is 18.1 Å². The fourth-order valence-electron chi connectivity index (χ4n) is 2.89. The van der Waals surface area contributed by atoms with Crippen molar-refractivity contribution in [1.82, 2.24) is 25.1 Å². The van der Waals surface area contributed by atoms with Crippen LogP contribution in [-0.4, -0.2) is 45.4 Å². The van der Waals surface area contributed by atoms with Crippen molar-refractivity contribution in [2.75, 3.05) is 25.0 Å². The van der Waals surface area contributed by atoms with Gasteiger partial charge in [0.25, 0.3) is 5.91 Å². The minimum absolute atomic E-state index is 0.0197. The third-order valence-corrected chi connectivity index (χ3v) is 4.54. The first-order valence-corrected chi connectivity index (χ1v) is 9.98. The molecule has 1 aromatic carbocycles. The Balaban J connectivity index is 1.47. The standard InChI is InChI=1S/C21H28N6O2/c1-4-9-23-20-18-12-26-27(21(18)25-14-24-20)11-10-22-19(28)13-29-17-7-5-16(6-8-17)15(2)3/h5-8,12,14-15H,4,9-11,13H2,1-3H3,(H,22,28)(H,23,24,25). The number of fused-ring (bicyclic) bond motifs is 1. The Hall–Kier alpha value is -3.16. The van der Waals surface area contributed by atoms with Crippen LogP contribution in [0.15, 0.2) is 36.8 Å². The summed E-state index contributed by atoms with van der Waals surface area (Å²) in [5, 5.41) is 11.4. The number of aromatic nitrogens is 4. The third-order valence-electron chi connectivity index (χ3n) is 4.54. The Morgan fingerprint density at radius 1 is 1.17 bits per heavy atom. The highest BCUT2D eigenvalue weighted by molar-refractivity contribution is 5.86. The summed E-state index contributed by atoms with van der Waals surface area (Å²) in [6, 6.07) is 7.82. The lowest BCUT2D eigenvalue weighted by atomic mass is 10.0. The second-order valence-corrected chi connectivity index (χ2v) is 7.12. The number of carbonyl (C=O) groups is 1. The predicted molar refractivity (Wildman–Crippen MR) is 113 cm³/mol. The number of anilines is 1. The van der Waals surface area contributed by atoms with Gasteiger partial charge in [-0.15, -0.1) is 0 Å². The van der Waals surface area contributed by atoms with E-state index in [4.69, 9.17) is 4.74 Å². The van der Waals surface area contributed by atoms with Gasteiger partial charge in [0, 0.05) is 13.1 Å². The Morgan fingerprint density at radius 3 is 2.69 bits per heavy atom. The number of amides is 1. The zero-order valence-corrected chi connectivity index (χ0v) is 17.2. The molecule has 0 bridgehead atoms. The van der Waals surface area contributed by atoms with Crippen LogP contribution in [0.2, 0.25) is 0 Å². The average Bonchev–Trinajstić information content (AvgIpc) is 3.14. The Bertz CT molecular complexity index is 936. The van der Waals surface area contributed by atoms with E-state index in [1.54, 1.807) is 10.9 Å². The van der Waals surface area contributed by atoms with Crippen molar-refractivity contribution >= 4 is 22.8 Å². The summed E-state index contributed by atoms with van der Waals surface area (Å²) in [5.41, 5.74) is 1.99. The van der Waals surface area contributed by atoms with E-state index in [-0.39, 0.29) is 12.5 Å². The van der Waals surface area contributed by atoms with Crippen LogP contribution in [0, 0.1) is 0 Å². The topological polar surface area (TPSA) is 94.0 Å². The Kier molecular flexibility index (Phi) is 6.99. The zero-order chi connectivity index (χ0) is 20.6. The Labute approximate surface area is 170 Å². The molecule has 0 atom stereocenters. The normalized spacial score (nSPS) is 11.0. The molecule has 154 valence electrons. The molecular formula is C21H28N6O2. The lowest BCUT2D eigenvalue weighted by molar-refractivity contribution is -0.123. The number of carbonyl (C=O) groups excluding carboxylic acids is 1. The zero-order valence-electron chi connectivity index (χ0n) is 17.2. The molecule has 0 spiro atoms. The van der Waals surface area contributed by atoms with Crippen molar-refractivity contribution in [3.05, 3.63) is 42.4 Å². The van der Waals surface area contributed by atoms with Gasteiger partial charge in [0.15, 0.2) is 12.3 Å². The van der Waals surface area contributed by atoms with Gasteiger partial charge in [-0.1, -0.05) is 32.9 Å². The molecule has 8 heteroatoms. The van der Waals surface area contributed by atoms with E-state index in [0.717, 1.165) is 29.8 Å². The summed E-state index contributed by atoms with van der Waals surface area (Å²) in [7, 11) is 0. The maximum atomic E-state index is 12.1. The highest BCUT2D eigenvalue weighted by Gasteiger charge is 2.10. The van der Waals surface area contributed by atoms with E-state index in [0.29, 0.717) is 24.8 Å². The quantitative estimate of drug-likeness (QED) is 0.547. The first kappa shape index (κ1) is 20.6. The number of nitrogens with one attached hydrogen (secondary N) is 2. The van der Waals surface area contributed by atoms with E-state index in [2.05, 4.69) is 46.5 Å². The van der Waals surface area contributed by atoms with Crippen LogP contribution >= 0.6 is 0 Å². The Morgan fingerprint density at radius 2 is 1.97 bits per heavy atom. The SMILES string of the molecule is CCCNc1ncnc2c1cnn2CCNC(=O)COc1ccc(C(C)C)cc1. The number of hydrogen-bond donors (Lipinski definition) is 2. The molecule has 1 amide bonds. The highest BCUT2D eigenvalue weighted by atomic mass is 16.5. The molecule has 8 nitrogen and oxygen atoms in total. The van der Waals surface area contributed by atoms with Crippen LogP contribution in [0.5, 0.6) is 5.75 Å². The smallest absolute Gasteiger partial charge is 0.258 e. The van der Waals surface area contributed by atoms with Crippen LogP contribution < -0.4 is 15.4 Å². The molecule has 2 heterocycles. The number of hydrogen-bond acceptors (Lipinski definition) is 6. The molecule has 0 radical (unpaired) electrons. The fourth-order valence-corrected chi connectivity index (χ4v) is 2.89. The molecule has 0 saturated carbocycles. The van der Waals surface area contributed by atoms with Crippen LogP contribution in [0.4, 0.5) is 5.82 Å². The predicted octanol–water partition coefficient (Wildman–Crippen LogP) is 2.97. The molecule has 3 aromatic rings. The summed E-state index contributed by atoms with van der Waals surface area (Å²) in [6.45, 7) is 8.15. The maximum Gasteiger partial charge on any atom is 0.258 e. The minimum atomic E-state index is -0.172. The molecular weight excluding hydrogens is 368 g/mol. The van der Waals surface area contributed by atoms with E-state index in [1.165, 1.54) is 11.9 Å². The second kappa shape index (κ2) is 9.86. The average molecular weight is 396 g/mol. The summed E-state index contributed by atoms with van der Waals surface area (Å²) >= 11 is 0. The van der Waals surface area contributed by atoms with Crippen molar-refractivity contribution in [2.24, 2.45) is 0 Å². The lowest BCUT2D eigenvalue weighted by Gasteiger charge is -2.10. The number of benzene rings is 1. The summed E-state index contributed by atoms with van der Waals surface area (Å²) < 4.78 is 7.31. The van der Waals surface area contributed by atoms with Crippen molar-refractivity contribution < 1.29 is 9.53 Å². The summed E-state index contributed by atoms with van der Waals surface area (Å²) in [4.78, 5) is 20.6. The van der Waals surface area contributed by atoms with Gasteiger partial charge >= 0.3 is 0 Å². The monoisotopic (exact) mass is 396 g/mol. The van der Waals surface area contributed by atoms with Gasteiger partial charge in [0.1, 0.15) is 17.9 Å². The first-order valence-electron chi connectivity index (χ1n) is 9.98. The second-order valence-electron chi connectivity index (χ2n) is 7.12. The van der Waals surface area contributed by atoms with Crippen LogP contribution in [-0.2, 0) is 11.3 Å². The highest BCUT2D eigenvalue weighted by Crippen LogP contribution is 2.19. The molecule has 29 heavy (non-hydrogen) atoms. The van der Waals surface area contributed by atoms with Gasteiger partial charge in [-0.2, -0.15) is 5.10 Å². The molecule has 2 aromatic heterocycles. The van der Waals surface area contributed by atoms with E-state index in [1.807, 2.05) is 24.3 Å². The summed E-state index contributed by atoms with van der Waals surface area (Å²) in [6.07, 6.45) is 4.28. The largest absolute Gasteiger partial charge is 0.484 e.